The van der Waals surface area contributed by atoms with Gasteiger partial charge in [0.15, 0.2) is 6.39 Å². The molecule has 2 aromatic rings. The number of aryl methyl sites for hydroxylation is 1. The summed E-state index contributed by atoms with van der Waals surface area (Å²) in [5, 5.41) is 0. The molecule has 3 aliphatic rings. The second-order valence-electron chi connectivity index (χ2n) is 8.54. The molecular formula is C21H29N5O. The summed E-state index contributed by atoms with van der Waals surface area (Å²) in [6, 6.07) is 0. The molecule has 0 aromatic carbocycles. The molecule has 1 saturated carbocycles. The molecule has 2 fully saturated rings. The lowest BCUT2D eigenvalue weighted by atomic mass is 10.1. The van der Waals surface area contributed by atoms with Crippen molar-refractivity contribution in [2.75, 3.05) is 31.1 Å². The first-order valence-electron chi connectivity index (χ1n) is 10.5. The molecule has 2 aromatic heterocycles. The van der Waals surface area contributed by atoms with Gasteiger partial charge in [0.25, 0.3) is 0 Å². The van der Waals surface area contributed by atoms with E-state index < -0.39 is 0 Å². The number of hydrogen-bond donors (Lipinski definition) is 0. The van der Waals surface area contributed by atoms with Crippen molar-refractivity contribution in [1.29, 1.82) is 0 Å². The first-order valence-corrected chi connectivity index (χ1v) is 10.5. The second kappa shape index (κ2) is 6.89. The standard InChI is InChI=1S/C21H29N5O/c1-14(2)19-18(22-13-27-19)12-25-8-10-26(11-9-25)21-16-4-3-5-17(16)23-20(24-21)15-6-7-15/h13-15H,3-12H2,1-2H3. The Hall–Kier alpha value is -1.95. The number of piperazine rings is 1. The van der Waals surface area contributed by atoms with Gasteiger partial charge in [0.1, 0.15) is 17.4 Å². The van der Waals surface area contributed by atoms with Crippen LogP contribution < -0.4 is 4.90 Å². The van der Waals surface area contributed by atoms with E-state index in [1.807, 2.05) is 0 Å². The van der Waals surface area contributed by atoms with Crippen LogP contribution in [0.4, 0.5) is 5.82 Å². The van der Waals surface area contributed by atoms with E-state index in [0.717, 1.165) is 62.8 Å². The van der Waals surface area contributed by atoms with Crippen LogP contribution in [0.1, 0.15) is 73.5 Å². The Kier molecular flexibility index (Phi) is 4.38. The molecule has 3 heterocycles. The van der Waals surface area contributed by atoms with E-state index in [2.05, 4.69) is 28.6 Å². The van der Waals surface area contributed by atoms with Crippen LogP contribution in [0.3, 0.4) is 0 Å². The fourth-order valence-corrected chi connectivity index (χ4v) is 4.41. The van der Waals surface area contributed by atoms with Crippen molar-refractivity contribution in [1.82, 2.24) is 19.9 Å². The number of oxazole rings is 1. The third-order valence-corrected chi connectivity index (χ3v) is 6.11. The summed E-state index contributed by atoms with van der Waals surface area (Å²) in [4.78, 5) is 19.4. The van der Waals surface area contributed by atoms with Crippen LogP contribution >= 0.6 is 0 Å². The highest BCUT2D eigenvalue weighted by Gasteiger charge is 2.31. The van der Waals surface area contributed by atoms with Crippen molar-refractivity contribution >= 4 is 5.82 Å². The van der Waals surface area contributed by atoms with Crippen molar-refractivity contribution in [3.63, 3.8) is 0 Å². The van der Waals surface area contributed by atoms with Gasteiger partial charge in [-0.1, -0.05) is 13.8 Å². The Labute approximate surface area is 161 Å². The van der Waals surface area contributed by atoms with Crippen LogP contribution in [0.5, 0.6) is 0 Å². The van der Waals surface area contributed by atoms with Gasteiger partial charge in [0.05, 0.1) is 5.69 Å². The van der Waals surface area contributed by atoms with Gasteiger partial charge >= 0.3 is 0 Å². The molecular weight excluding hydrogens is 338 g/mol. The molecule has 0 radical (unpaired) electrons. The summed E-state index contributed by atoms with van der Waals surface area (Å²) in [7, 11) is 0. The maximum atomic E-state index is 5.58. The molecule has 144 valence electrons. The normalized spacial score (nSPS) is 20.5. The van der Waals surface area contributed by atoms with Crippen molar-refractivity contribution < 1.29 is 4.42 Å². The predicted molar refractivity (Wildman–Crippen MR) is 104 cm³/mol. The number of nitrogens with zero attached hydrogens (tertiary/aromatic N) is 5. The van der Waals surface area contributed by atoms with Crippen LogP contribution in [-0.4, -0.2) is 46.0 Å². The fraction of sp³-hybridized carbons (Fsp3) is 0.667. The quantitative estimate of drug-likeness (QED) is 0.808. The van der Waals surface area contributed by atoms with E-state index in [1.165, 1.54) is 36.3 Å². The van der Waals surface area contributed by atoms with E-state index in [4.69, 9.17) is 14.4 Å². The Balaban J connectivity index is 1.29. The minimum absolute atomic E-state index is 0.383. The first-order chi connectivity index (χ1) is 13.2. The maximum Gasteiger partial charge on any atom is 0.181 e. The first kappa shape index (κ1) is 17.2. The van der Waals surface area contributed by atoms with E-state index in [1.54, 1.807) is 6.39 Å². The molecule has 2 aliphatic carbocycles. The smallest absolute Gasteiger partial charge is 0.181 e. The zero-order chi connectivity index (χ0) is 18.4. The summed E-state index contributed by atoms with van der Waals surface area (Å²) < 4.78 is 5.58. The van der Waals surface area contributed by atoms with Crippen molar-refractivity contribution in [2.45, 2.75) is 64.3 Å². The molecule has 0 bridgehead atoms. The average molecular weight is 367 g/mol. The molecule has 0 atom stereocenters. The Morgan fingerprint density at radius 2 is 1.93 bits per heavy atom. The highest BCUT2D eigenvalue weighted by molar-refractivity contribution is 5.52. The molecule has 1 saturated heterocycles. The molecule has 0 unspecified atom stereocenters. The van der Waals surface area contributed by atoms with Crippen LogP contribution in [0, 0.1) is 0 Å². The fourth-order valence-electron chi connectivity index (χ4n) is 4.41. The van der Waals surface area contributed by atoms with Crippen LogP contribution in [0.2, 0.25) is 0 Å². The summed E-state index contributed by atoms with van der Waals surface area (Å²) in [5.41, 5.74) is 3.84. The third kappa shape index (κ3) is 3.35. The Bertz CT molecular complexity index is 818. The lowest BCUT2D eigenvalue weighted by Gasteiger charge is -2.36. The minimum atomic E-state index is 0.383. The molecule has 0 N–H and O–H groups in total. The number of rotatable bonds is 5. The highest BCUT2D eigenvalue weighted by Crippen LogP contribution is 2.40. The highest BCUT2D eigenvalue weighted by atomic mass is 16.3. The van der Waals surface area contributed by atoms with Crippen LogP contribution in [0.25, 0.3) is 0 Å². The molecule has 27 heavy (non-hydrogen) atoms. The van der Waals surface area contributed by atoms with Gasteiger partial charge < -0.3 is 9.32 Å². The van der Waals surface area contributed by atoms with Gasteiger partial charge in [0, 0.05) is 55.8 Å². The van der Waals surface area contributed by atoms with Gasteiger partial charge in [-0.3, -0.25) is 4.90 Å². The Morgan fingerprint density at radius 3 is 2.67 bits per heavy atom. The topological polar surface area (TPSA) is 58.3 Å². The second-order valence-corrected chi connectivity index (χ2v) is 8.54. The van der Waals surface area contributed by atoms with Gasteiger partial charge in [-0.25, -0.2) is 15.0 Å². The molecule has 0 amide bonds. The van der Waals surface area contributed by atoms with Crippen molar-refractivity contribution in [2.24, 2.45) is 0 Å². The van der Waals surface area contributed by atoms with E-state index in [0.29, 0.717) is 11.8 Å². The third-order valence-electron chi connectivity index (χ3n) is 6.11. The van der Waals surface area contributed by atoms with Crippen molar-refractivity contribution in [3.8, 4) is 0 Å². The van der Waals surface area contributed by atoms with Gasteiger partial charge in [-0.05, 0) is 32.1 Å². The monoisotopic (exact) mass is 367 g/mol. The molecule has 6 heteroatoms. The van der Waals surface area contributed by atoms with Gasteiger partial charge in [-0.2, -0.15) is 0 Å². The zero-order valence-corrected chi connectivity index (χ0v) is 16.4. The number of hydrogen-bond acceptors (Lipinski definition) is 6. The molecule has 0 spiro atoms. The number of anilines is 1. The zero-order valence-electron chi connectivity index (χ0n) is 16.4. The van der Waals surface area contributed by atoms with Crippen molar-refractivity contribution in [3.05, 3.63) is 34.9 Å². The molecule has 1 aliphatic heterocycles. The van der Waals surface area contributed by atoms with Gasteiger partial charge in [0.2, 0.25) is 0 Å². The molecule has 5 rings (SSSR count). The summed E-state index contributed by atoms with van der Waals surface area (Å²) in [6.45, 7) is 9.35. The van der Waals surface area contributed by atoms with Crippen LogP contribution in [0.15, 0.2) is 10.8 Å². The largest absolute Gasteiger partial charge is 0.448 e. The number of fused-ring (bicyclic) bond motifs is 1. The summed E-state index contributed by atoms with van der Waals surface area (Å²) >= 11 is 0. The average Bonchev–Trinajstić information content (AvgIpc) is 3.23. The summed E-state index contributed by atoms with van der Waals surface area (Å²) in [5.74, 6) is 4.38. The molecule has 6 nitrogen and oxygen atoms in total. The summed E-state index contributed by atoms with van der Waals surface area (Å²) in [6.07, 6.45) is 7.63. The predicted octanol–water partition coefficient (Wildman–Crippen LogP) is 3.28. The van der Waals surface area contributed by atoms with E-state index >= 15 is 0 Å². The lowest BCUT2D eigenvalue weighted by molar-refractivity contribution is 0.244. The lowest BCUT2D eigenvalue weighted by Crippen LogP contribution is -2.46. The SMILES string of the molecule is CC(C)c1ocnc1CN1CCN(c2nc(C3CC3)nc3c2CCC3)CC1. The van der Waals surface area contributed by atoms with Crippen LogP contribution in [-0.2, 0) is 19.4 Å². The van der Waals surface area contributed by atoms with E-state index in [-0.39, 0.29) is 0 Å². The number of aromatic nitrogens is 3. The maximum absolute atomic E-state index is 5.58. The van der Waals surface area contributed by atoms with E-state index in [9.17, 15) is 0 Å². The minimum Gasteiger partial charge on any atom is -0.448 e. The Morgan fingerprint density at radius 1 is 1.11 bits per heavy atom. The van der Waals surface area contributed by atoms with Gasteiger partial charge in [-0.15, -0.1) is 0 Å².